The van der Waals surface area contributed by atoms with Crippen LogP contribution in [0.1, 0.15) is 46.7 Å². The van der Waals surface area contributed by atoms with Crippen LogP contribution in [0.4, 0.5) is 0 Å². The van der Waals surface area contributed by atoms with Crippen molar-refractivity contribution in [1.29, 1.82) is 0 Å². The summed E-state index contributed by atoms with van der Waals surface area (Å²) in [4.78, 5) is 9.82. The number of nitrogens with zero attached hydrogens (tertiary/aromatic N) is 2. The molecule has 0 spiro atoms. The van der Waals surface area contributed by atoms with Gasteiger partial charge in [-0.05, 0) is 52.8 Å². The predicted octanol–water partition coefficient (Wildman–Crippen LogP) is 3.72. The maximum absolute atomic E-state index is 11.0. The highest BCUT2D eigenvalue weighted by Gasteiger charge is 2.28. The SMILES string of the molecule is CCNC(=NCC(C)(O)c1cc(C)oc1C)NCC(c1ccc(C)s1)N1CCOCC1.I. The molecule has 3 heterocycles. The first-order valence-corrected chi connectivity index (χ1v) is 11.8. The maximum Gasteiger partial charge on any atom is 0.191 e. The number of furan rings is 1. The number of aliphatic hydroxyl groups is 1. The molecule has 0 aliphatic carbocycles. The first-order chi connectivity index (χ1) is 14.8. The molecule has 1 fully saturated rings. The summed E-state index contributed by atoms with van der Waals surface area (Å²) in [5.41, 5.74) is -0.316. The summed E-state index contributed by atoms with van der Waals surface area (Å²) in [6, 6.07) is 6.55. The summed E-state index contributed by atoms with van der Waals surface area (Å²) in [6.07, 6.45) is 0. The number of morpholine rings is 1. The number of hydrogen-bond acceptors (Lipinski definition) is 6. The van der Waals surface area contributed by atoms with Crippen LogP contribution in [0.2, 0.25) is 0 Å². The molecule has 2 aromatic rings. The van der Waals surface area contributed by atoms with Crippen molar-refractivity contribution < 1.29 is 14.3 Å². The lowest BCUT2D eigenvalue weighted by atomic mass is 9.96. The lowest BCUT2D eigenvalue weighted by molar-refractivity contribution is 0.0177. The number of hydrogen-bond donors (Lipinski definition) is 3. The zero-order chi connectivity index (χ0) is 22.4. The largest absolute Gasteiger partial charge is 0.466 e. The molecule has 0 bridgehead atoms. The first kappa shape index (κ1) is 27.1. The normalized spacial score (nSPS) is 18.0. The van der Waals surface area contributed by atoms with Crippen molar-refractivity contribution in [1.82, 2.24) is 15.5 Å². The molecule has 180 valence electrons. The zero-order valence-electron chi connectivity index (χ0n) is 19.7. The van der Waals surface area contributed by atoms with Crippen molar-refractivity contribution in [3.05, 3.63) is 45.0 Å². The summed E-state index contributed by atoms with van der Waals surface area (Å²) in [5.74, 6) is 2.23. The number of ether oxygens (including phenoxy) is 1. The quantitative estimate of drug-likeness (QED) is 0.253. The van der Waals surface area contributed by atoms with Crippen LogP contribution < -0.4 is 10.6 Å². The molecule has 2 atom stereocenters. The van der Waals surface area contributed by atoms with E-state index in [1.165, 1.54) is 9.75 Å². The van der Waals surface area contributed by atoms with Crippen LogP contribution in [0.15, 0.2) is 27.6 Å². The molecule has 0 radical (unpaired) electrons. The van der Waals surface area contributed by atoms with E-state index in [1.54, 1.807) is 6.92 Å². The van der Waals surface area contributed by atoms with Gasteiger partial charge >= 0.3 is 0 Å². The molecule has 3 rings (SSSR count). The molecule has 2 aromatic heterocycles. The van der Waals surface area contributed by atoms with Gasteiger partial charge in [-0.15, -0.1) is 35.3 Å². The highest BCUT2D eigenvalue weighted by Crippen LogP contribution is 2.29. The average molecular weight is 577 g/mol. The Kier molecular flexibility index (Phi) is 10.5. The van der Waals surface area contributed by atoms with E-state index in [4.69, 9.17) is 14.1 Å². The fourth-order valence-electron chi connectivity index (χ4n) is 3.95. The Morgan fingerprint density at radius 1 is 1.25 bits per heavy atom. The Morgan fingerprint density at radius 3 is 2.53 bits per heavy atom. The Hall–Kier alpha value is -1.14. The predicted molar refractivity (Wildman–Crippen MR) is 141 cm³/mol. The van der Waals surface area contributed by atoms with Gasteiger partial charge in [-0.25, -0.2) is 4.99 Å². The standard InChI is InChI=1S/C23H36N4O3S.HI/c1-6-24-22(26-15-23(5,28)19-13-16(2)30-18(19)4)25-14-20(21-8-7-17(3)31-21)27-9-11-29-12-10-27;/h7-8,13,20,28H,6,9-12,14-15H2,1-5H3,(H2,24,25,26);1H. The molecule has 0 amide bonds. The van der Waals surface area contributed by atoms with Crippen molar-refractivity contribution in [2.45, 2.75) is 46.3 Å². The molecule has 32 heavy (non-hydrogen) atoms. The van der Waals surface area contributed by atoms with Gasteiger partial charge in [0.15, 0.2) is 5.96 Å². The number of nitrogens with one attached hydrogen (secondary N) is 2. The van der Waals surface area contributed by atoms with E-state index in [0.29, 0.717) is 5.96 Å². The van der Waals surface area contributed by atoms with Crippen molar-refractivity contribution in [3.63, 3.8) is 0 Å². The van der Waals surface area contributed by atoms with Crippen LogP contribution in [-0.2, 0) is 10.3 Å². The molecule has 2 unspecified atom stereocenters. The molecule has 0 saturated carbocycles. The molecule has 9 heteroatoms. The molecule has 1 aliphatic heterocycles. The molecule has 7 nitrogen and oxygen atoms in total. The lowest BCUT2D eigenvalue weighted by Crippen LogP contribution is -2.46. The van der Waals surface area contributed by atoms with Crippen LogP contribution in [-0.4, -0.2) is 61.9 Å². The molecule has 3 N–H and O–H groups in total. The monoisotopic (exact) mass is 576 g/mol. The summed E-state index contributed by atoms with van der Waals surface area (Å²) >= 11 is 1.84. The van der Waals surface area contributed by atoms with Crippen molar-refractivity contribution in [3.8, 4) is 0 Å². The number of aliphatic imine (C=N–C) groups is 1. The Balaban J connectivity index is 0.00000363. The average Bonchev–Trinajstić information content (AvgIpc) is 3.32. The Bertz CT molecular complexity index is 874. The summed E-state index contributed by atoms with van der Waals surface area (Å²) in [5, 5.41) is 17.8. The van der Waals surface area contributed by atoms with E-state index in [-0.39, 0.29) is 36.6 Å². The van der Waals surface area contributed by atoms with Gasteiger partial charge in [0, 0.05) is 41.5 Å². The van der Waals surface area contributed by atoms with Gasteiger partial charge in [0.2, 0.25) is 0 Å². The maximum atomic E-state index is 11.0. The van der Waals surface area contributed by atoms with E-state index in [9.17, 15) is 5.11 Å². The van der Waals surface area contributed by atoms with E-state index >= 15 is 0 Å². The highest BCUT2D eigenvalue weighted by molar-refractivity contribution is 14.0. The fourth-order valence-corrected chi connectivity index (χ4v) is 4.96. The van der Waals surface area contributed by atoms with Gasteiger partial charge in [0.05, 0.1) is 25.8 Å². The van der Waals surface area contributed by atoms with Gasteiger partial charge < -0.3 is 24.9 Å². The van der Waals surface area contributed by atoms with Gasteiger partial charge in [-0.3, -0.25) is 4.90 Å². The third kappa shape index (κ3) is 7.18. The van der Waals surface area contributed by atoms with Crippen LogP contribution in [0, 0.1) is 20.8 Å². The zero-order valence-corrected chi connectivity index (χ0v) is 22.9. The minimum absolute atomic E-state index is 0. The minimum Gasteiger partial charge on any atom is -0.466 e. The number of halogens is 1. The molecule has 1 saturated heterocycles. The van der Waals surface area contributed by atoms with Crippen LogP contribution in [0.25, 0.3) is 0 Å². The van der Waals surface area contributed by atoms with Crippen LogP contribution >= 0.6 is 35.3 Å². The number of thiophene rings is 1. The van der Waals surface area contributed by atoms with E-state index in [1.807, 2.05) is 38.2 Å². The molecule has 0 aromatic carbocycles. The second kappa shape index (κ2) is 12.4. The van der Waals surface area contributed by atoms with Crippen LogP contribution in [0.3, 0.4) is 0 Å². The van der Waals surface area contributed by atoms with Gasteiger partial charge in [-0.2, -0.15) is 0 Å². The van der Waals surface area contributed by atoms with Crippen molar-refractivity contribution in [2.75, 3.05) is 45.9 Å². The summed E-state index contributed by atoms with van der Waals surface area (Å²) < 4.78 is 11.2. The second-order valence-electron chi connectivity index (χ2n) is 8.29. The second-order valence-corrected chi connectivity index (χ2v) is 9.61. The number of guanidine groups is 1. The van der Waals surface area contributed by atoms with Crippen molar-refractivity contribution >= 4 is 41.3 Å². The van der Waals surface area contributed by atoms with Crippen molar-refractivity contribution in [2.24, 2.45) is 4.99 Å². The molecular formula is C23H37IN4O3S. The van der Waals surface area contributed by atoms with E-state index in [0.717, 1.165) is 56.5 Å². The lowest BCUT2D eigenvalue weighted by Gasteiger charge is -2.34. The highest BCUT2D eigenvalue weighted by atomic mass is 127. The van der Waals surface area contributed by atoms with Gasteiger partial charge in [0.1, 0.15) is 17.1 Å². The first-order valence-electron chi connectivity index (χ1n) is 11.0. The fraction of sp³-hybridized carbons (Fsp3) is 0.609. The third-order valence-corrected chi connectivity index (χ3v) is 6.65. The van der Waals surface area contributed by atoms with Gasteiger partial charge in [-0.1, -0.05) is 0 Å². The number of rotatable bonds is 8. The number of aryl methyl sites for hydroxylation is 3. The van der Waals surface area contributed by atoms with Crippen LogP contribution in [0.5, 0.6) is 0 Å². The molecule has 1 aliphatic rings. The minimum atomic E-state index is -1.10. The summed E-state index contributed by atoms with van der Waals surface area (Å²) in [7, 11) is 0. The third-order valence-electron chi connectivity index (χ3n) is 5.55. The topological polar surface area (TPSA) is 82.3 Å². The van der Waals surface area contributed by atoms with E-state index < -0.39 is 5.60 Å². The smallest absolute Gasteiger partial charge is 0.191 e. The Morgan fingerprint density at radius 2 is 1.97 bits per heavy atom. The summed E-state index contributed by atoms with van der Waals surface area (Å²) in [6.45, 7) is 14.8. The molecular weight excluding hydrogens is 539 g/mol. The van der Waals surface area contributed by atoms with Gasteiger partial charge in [0.25, 0.3) is 0 Å². The van der Waals surface area contributed by atoms with E-state index in [2.05, 4.69) is 34.6 Å². The Labute approximate surface area is 212 Å².